The molecule has 2 aromatic carbocycles. The molecule has 1 N–H and O–H groups in total. The number of para-hydroxylation sites is 1. The van der Waals surface area contributed by atoms with Gasteiger partial charge in [-0.3, -0.25) is 14.2 Å². The minimum atomic E-state index is -0.526. The topological polar surface area (TPSA) is 78.2 Å². The van der Waals surface area contributed by atoms with Crippen molar-refractivity contribution in [3.05, 3.63) is 83.3 Å². The number of carbonyl (C=O) groups is 1. The highest BCUT2D eigenvalue weighted by Crippen LogP contribution is 2.27. The first kappa shape index (κ1) is 20.5. The van der Waals surface area contributed by atoms with Gasteiger partial charge in [0.2, 0.25) is 5.91 Å². The first-order valence-electron chi connectivity index (χ1n) is 9.75. The number of rotatable bonds is 7. The number of benzene rings is 2. The summed E-state index contributed by atoms with van der Waals surface area (Å²) in [7, 11) is 1.56. The van der Waals surface area contributed by atoms with Crippen molar-refractivity contribution in [2.75, 3.05) is 19.0 Å². The number of hydrogen-bond acceptors (Lipinski definition) is 4. The van der Waals surface area contributed by atoms with Gasteiger partial charge in [-0.25, -0.2) is 9.37 Å². The number of carbonyl (C=O) groups excluding carboxylic acids is 1. The van der Waals surface area contributed by atoms with Gasteiger partial charge < -0.3 is 14.6 Å². The molecule has 7 nitrogen and oxygen atoms in total. The van der Waals surface area contributed by atoms with E-state index >= 15 is 0 Å². The zero-order valence-corrected chi connectivity index (χ0v) is 16.9. The van der Waals surface area contributed by atoms with Crippen LogP contribution in [0.3, 0.4) is 0 Å². The predicted octanol–water partition coefficient (Wildman–Crippen LogP) is 3.29. The van der Waals surface area contributed by atoms with E-state index in [2.05, 4.69) is 10.3 Å². The van der Waals surface area contributed by atoms with Gasteiger partial charge in [0.15, 0.2) is 0 Å². The van der Waals surface area contributed by atoms with Crippen molar-refractivity contribution in [1.29, 1.82) is 0 Å². The normalized spacial score (nSPS) is 11.0. The molecule has 0 atom stereocenters. The monoisotopic (exact) mass is 420 g/mol. The van der Waals surface area contributed by atoms with Gasteiger partial charge in [-0.2, -0.15) is 0 Å². The molecule has 0 aliphatic heterocycles. The highest BCUT2D eigenvalue weighted by Gasteiger charge is 2.18. The van der Waals surface area contributed by atoms with E-state index in [0.29, 0.717) is 24.2 Å². The summed E-state index contributed by atoms with van der Waals surface area (Å²) in [5.74, 6) is -0.977. The zero-order chi connectivity index (χ0) is 21.8. The van der Waals surface area contributed by atoms with Crippen LogP contribution in [0.1, 0.15) is 0 Å². The average molecular weight is 420 g/mol. The number of nitrogens with zero attached hydrogens (tertiary/aromatic N) is 3. The van der Waals surface area contributed by atoms with E-state index in [1.54, 1.807) is 30.0 Å². The fraction of sp³-hybridized carbons (Fsp3) is 0.174. The van der Waals surface area contributed by atoms with Crippen LogP contribution in [0.15, 0.2) is 71.9 Å². The van der Waals surface area contributed by atoms with Crippen LogP contribution in [0.5, 0.6) is 0 Å². The van der Waals surface area contributed by atoms with Crippen molar-refractivity contribution in [3.8, 4) is 11.1 Å². The highest BCUT2D eigenvalue weighted by molar-refractivity contribution is 5.95. The van der Waals surface area contributed by atoms with E-state index in [1.807, 2.05) is 30.3 Å². The number of halogens is 1. The fourth-order valence-corrected chi connectivity index (χ4v) is 3.43. The number of amides is 1. The summed E-state index contributed by atoms with van der Waals surface area (Å²) in [5, 5.41) is 2.56. The Morgan fingerprint density at radius 3 is 2.58 bits per heavy atom. The van der Waals surface area contributed by atoms with Crippen LogP contribution in [0, 0.1) is 5.82 Å². The minimum absolute atomic E-state index is 0.0860. The molecule has 0 radical (unpaired) electrons. The first-order valence-corrected chi connectivity index (χ1v) is 9.75. The third-order valence-corrected chi connectivity index (χ3v) is 4.92. The molecule has 0 bridgehead atoms. The van der Waals surface area contributed by atoms with Gasteiger partial charge in [0.25, 0.3) is 5.56 Å². The molecule has 0 aliphatic rings. The quantitative estimate of drug-likeness (QED) is 0.498. The second kappa shape index (κ2) is 8.93. The van der Waals surface area contributed by atoms with Crippen molar-refractivity contribution in [3.63, 3.8) is 0 Å². The first-order chi connectivity index (χ1) is 15.1. The molecule has 8 heteroatoms. The van der Waals surface area contributed by atoms with E-state index in [9.17, 15) is 14.0 Å². The lowest BCUT2D eigenvalue weighted by Crippen LogP contribution is -2.26. The van der Waals surface area contributed by atoms with Crippen molar-refractivity contribution in [1.82, 2.24) is 14.1 Å². The van der Waals surface area contributed by atoms with Gasteiger partial charge in [-0.15, -0.1) is 0 Å². The van der Waals surface area contributed by atoms with Crippen LogP contribution in [-0.4, -0.2) is 33.7 Å². The van der Waals surface area contributed by atoms with Crippen LogP contribution in [-0.2, 0) is 22.6 Å². The summed E-state index contributed by atoms with van der Waals surface area (Å²) in [6.45, 7) is 0.529. The maximum Gasteiger partial charge on any atom is 0.277 e. The lowest BCUT2D eigenvalue weighted by Gasteiger charge is -2.09. The van der Waals surface area contributed by atoms with E-state index in [0.717, 1.165) is 11.1 Å². The third kappa shape index (κ3) is 4.24. The summed E-state index contributed by atoms with van der Waals surface area (Å²) < 4.78 is 22.0. The molecular weight excluding hydrogens is 399 g/mol. The molecule has 31 heavy (non-hydrogen) atoms. The Kier molecular flexibility index (Phi) is 5.90. The van der Waals surface area contributed by atoms with Crippen LogP contribution in [0.25, 0.3) is 22.2 Å². The Labute approximate surface area is 177 Å². The summed E-state index contributed by atoms with van der Waals surface area (Å²) in [5.41, 5.74) is 2.24. The van der Waals surface area contributed by atoms with Gasteiger partial charge in [0.05, 0.1) is 25.2 Å². The van der Waals surface area contributed by atoms with Crippen LogP contribution in [0.4, 0.5) is 10.1 Å². The molecule has 0 unspecified atom stereocenters. The molecule has 2 aromatic heterocycles. The third-order valence-electron chi connectivity index (χ3n) is 4.92. The van der Waals surface area contributed by atoms with Crippen LogP contribution in [0.2, 0.25) is 0 Å². The smallest absolute Gasteiger partial charge is 0.277 e. The Bertz CT molecular complexity index is 1280. The Morgan fingerprint density at radius 1 is 1.10 bits per heavy atom. The summed E-state index contributed by atoms with van der Waals surface area (Å²) >= 11 is 0. The van der Waals surface area contributed by atoms with Crippen molar-refractivity contribution in [2.45, 2.75) is 13.1 Å². The number of ether oxygens (including phenoxy) is 1. The summed E-state index contributed by atoms with van der Waals surface area (Å²) in [4.78, 5) is 30.3. The molecule has 1 amide bonds. The molecule has 2 heterocycles. The molecule has 4 aromatic rings. The molecular formula is C23H21FN4O3. The predicted molar refractivity (Wildman–Crippen MR) is 116 cm³/mol. The number of anilines is 1. The molecule has 0 spiro atoms. The fourth-order valence-electron chi connectivity index (χ4n) is 3.43. The Balaban J connectivity index is 1.76. The second-order valence-electron chi connectivity index (χ2n) is 7.00. The van der Waals surface area contributed by atoms with Crippen LogP contribution >= 0.6 is 0 Å². The lowest BCUT2D eigenvalue weighted by molar-refractivity contribution is -0.116. The standard InChI is InChI=1S/C23H21FN4O3/c1-31-12-11-27-15-25-21-17(16-7-3-2-4-8-16)13-28(22(21)23(27)30)14-20(29)26-19-10-6-5-9-18(19)24/h2-10,13,15H,11-12,14H2,1H3,(H,26,29). The SMILES string of the molecule is COCCn1cnc2c(-c3ccccc3)cn(CC(=O)Nc3ccccc3F)c2c1=O. The van der Waals surface area contributed by atoms with Crippen molar-refractivity contribution >= 4 is 22.6 Å². The number of aromatic nitrogens is 3. The maximum atomic E-state index is 13.9. The zero-order valence-electron chi connectivity index (χ0n) is 16.9. The number of hydrogen-bond donors (Lipinski definition) is 1. The van der Waals surface area contributed by atoms with Crippen molar-refractivity contribution < 1.29 is 13.9 Å². The van der Waals surface area contributed by atoms with E-state index < -0.39 is 11.7 Å². The van der Waals surface area contributed by atoms with Crippen molar-refractivity contribution in [2.24, 2.45) is 0 Å². The second-order valence-corrected chi connectivity index (χ2v) is 7.00. The molecule has 0 fully saturated rings. The number of methoxy groups -OCH3 is 1. The van der Waals surface area contributed by atoms with Gasteiger partial charge in [0.1, 0.15) is 23.4 Å². The van der Waals surface area contributed by atoms with Gasteiger partial charge in [0, 0.05) is 18.9 Å². The average Bonchev–Trinajstić information content (AvgIpc) is 3.14. The van der Waals surface area contributed by atoms with E-state index in [-0.39, 0.29) is 17.8 Å². The van der Waals surface area contributed by atoms with Gasteiger partial charge in [-0.1, -0.05) is 42.5 Å². The molecule has 0 saturated heterocycles. The van der Waals surface area contributed by atoms with Gasteiger partial charge in [-0.05, 0) is 17.7 Å². The maximum absolute atomic E-state index is 13.9. The van der Waals surface area contributed by atoms with E-state index in [4.69, 9.17) is 4.74 Å². The largest absolute Gasteiger partial charge is 0.383 e. The lowest BCUT2D eigenvalue weighted by atomic mass is 10.1. The van der Waals surface area contributed by atoms with Crippen LogP contribution < -0.4 is 10.9 Å². The minimum Gasteiger partial charge on any atom is -0.383 e. The molecule has 4 rings (SSSR count). The Hall–Kier alpha value is -3.78. The molecule has 0 aliphatic carbocycles. The Morgan fingerprint density at radius 2 is 1.84 bits per heavy atom. The number of nitrogens with one attached hydrogen (secondary N) is 1. The van der Waals surface area contributed by atoms with E-state index in [1.165, 1.54) is 23.0 Å². The van der Waals surface area contributed by atoms with Gasteiger partial charge >= 0.3 is 0 Å². The molecule has 0 saturated carbocycles. The number of fused-ring (bicyclic) bond motifs is 1. The summed E-state index contributed by atoms with van der Waals surface area (Å²) in [6, 6.07) is 15.4. The summed E-state index contributed by atoms with van der Waals surface area (Å²) in [6.07, 6.45) is 3.22. The molecule has 158 valence electrons. The highest BCUT2D eigenvalue weighted by atomic mass is 19.1.